The first-order valence-corrected chi connectivity index (χ1v) is 7.49. The average Bonchev–Trinajstić information content (AvgIpc) is 3.14. The predicted octanol–water partition coefficient (Wildman–Crippen LogP) is 3.55. The molecule has 0 aliphatic rings. The van der Waals surface area contributed by atoms with E-state index in [2.05, 4.69) is 5.32 Å². The van der Waals surface area contributed by atoms with Crippen molar-refractivity contribution in [1.82, 2.24) is 5.32 Å². The summed E-state index contributed by atoms with van der Waals surface area (Å²) in [6.45, 7) is 0.0371. The van der Waals surface area contributed by atoms with Crippen LogP contribution in [0.25, 0.3) is 11.3 Å². The van der Waals surface area contributed by atoms with Crippen LogP contribution >= 0.6 is 0 Å². The lowest BCUT2D eigenvalue weighted by Crippen LogP contribution is -2.28. The van der Waals surface area contributed by atoms with Crippen LogP contribution in [0.15, 0.2) is 71.3 Å². The highest BCUT2D eigenvalue weighted by atomic mass is 19.1. The van der Waals surface area contributed by atoms with Crippen molar-refractivity contribution in [2.75, 3.05) is 6.54 Å². The van der Waals surface area contributed by atoms with Gasteiger partial charge >= 0.3 is 0 Å². The molecule has 0 unspecified atom stereocenters. The van der Waals surface area contributed by atoms with E-state index in [1.807, 2.05) is 18.2 Å². The second-order valence-corrected chi connectivity index (χ2v) is 5.34. The van der Waals surface area contributed by atoms with Crippen molar-refractivity contribution >= 4 is 5.91 Å². The Labute approximate surface area is 138 Å². The molecule has 1 aromatic heterocycles. The molecule has 5 heteroatoms. The van der Waals surface area contributed by atoms with Crippen LogP contribution in [0, 0.1) is 5.82 Å². The summed E-state index contributed by atoms with van der Waals surface area (Å²) in [5.41, 5.74) is 1.79. The number of halogens is 1. The molecule has 0 bridgehead atoms. The van der Waals surface area contributed by atoms with Gasteiger partial charge in [0.15, 0.2) is 0 Å². The highest BCUT2D eigenvalue weighted by Crippen LogP contribution is 2.22. The van der Waals surface area contributed by atoms with Gasteiger partial charge in [-0.3, -0.25) is 4.79 Å². The molecule has 2 aromatic carbocycles. The van der Waals surface area contributed by atoms with Gasteiger partial charge in [0.1, 0.15) is 11.6 Å². The number of amides is 1. The fourth-order valence-electron chi connectivity index (χ4n) is 2.35. The number of aliphatic hydroxyl groups is 1. The minimum Gasteiger partial charge on any atom is -0.464 e. The van der Waals surface area contributed by atoms with E-state index in [0.29, 0.717) is 5.56 Å². The Bertz CT molecular complexity index is 813. The fraction of sp³-hybridized carbons (Fsp3) is 0.105. The van der Waals surface area contributed by atoms with Crippen molar-refractivity contribution < 1.29 is 18.7 Å². The zero-order chi connectivity index (χ0) is 16.9. The van der Waals surface area contributed by atoms with Gasteiger partial charge in [0.05, 0.1) is 12.4 Å². The Balaban J connectivity index is 1.60. The van der Waals surface area contributed by atoms with Gasteiger partial charge in [0.2, 0.25) is 0 Å². The number of carbonyl (C=O) groups is 1. The van der Waals surface area contributed by atoms with Crippen LogP contribution < -0.4 is 5.32 Å². The summed E-state index contributed by atoms with van der Waals surface area (Å²) in [4.78, 5) is 11.9. The molecular weight excluding hydrogens is 309 g/mol. The third-order valence-corrected chi connectivity index (χ3v) is 3.64. The molecule has 1 heterocycles. The highest BCUT2D eigenvalue weighted by molar-refractivity contribution is 5.94. The zero-order valence-electron chi connectivity index (χ0n) is 12.8. The van der Waals surface area contributed by atoms with Gasteiger partial charge in [-0.2, -0.15) is 0 Å². The number of furan rings is 1. The van der Waals surface area contributed by atoms with Gasteiger partial charge in [-0.25, -0.2) is 4.39 Å². The van der Waals surface area contributed by atoms with Gasteiger partial charge < -0.3 is 14.8 Å². The average molecular weight is 325 g/mol. The monoisotopic (exact) mass is 325 g/mol. The first-order chi connectivity index (χ1) is 11.6. The number of carbonyl (C=O) groups excluding carboxylic acids is 1. The number of nitrogens with one attached hydrogen (secondary N) is 1. The second-order valence-electron chi connectivity index (χ2n) is 5.34. The molecule has 0 aliphatic heterocycles. The van der Waals surface area contributed by atoms with Crippen LogP contribution in [0.3, 0.4) is 0 Å². The van der Waals surface area contributed by atoms with E-state index < -0.39 is 17.8 Å². The van der Waals surface area contributed by atoms with Gasteiger partial charge in [-0.1, -0.05) is 30.3 Å². The largest absolute Gasteiger partial charge is 0.464 e. The molecule has 3 rings (SSSR count). The van der Waals surface area contributed by atoms with Crippen molar-refractivity contribution in [3.05, 3.63) is 83.9 Å². The lowest BCUT2D eigenvalue weighted by molar-refractivity contribution is 0.0916. The number of rotatable bonds is 5. The first-order valence-electron chi connectivity index (χ1n) is 7.49. The first kappa shape index (κ1) is 16.0. The maximum Gasteiger partial charge on any atom is 0.251 e. The topological polar surface area (TPSA) is 62.5 Å². The number of aliphatic hydroxyl groups excluding tert-OH is 1. The Morgan fingerprint density at radius 3 is 2.58 bits per heavy atom. The molecular formula is C19H16FNO3. The molecule has 2 N–H and O–H groups in total. The SMILES string of the molecule is O=C(NC[C@H](O)c1ccc(-c2ccco2)cc1)c1cccc(F)c1. The Kier molecular flexibility index (Phi) is 4.72. The van der Waals surface area contributed by atoms with Gasteiger partial charge in [-0.05, 0) is 35.9 Å². The second kappa shape index (κ2) is 7.10. The van der Waals surface area contributed by atoms with Gasteiger partial charge in [0.25, 0.3) is 5.91 Å². The summed E-state index contributed by atoms with van der Waals surface area (Å²) in [6, 6.07) is 16.3. The van der Waals surface area contributed by atoms with Crippen LogP contribution in [0.2, 0.25) is 0 Å². The maximum absolute atomic E-state index is 13.1. The van der Waals surface area contributed by atoms with Crippen LogP contribution in [-0.2, 0) is 0 Å². The number of hydrogen-bond donors (Lipinski definition) is 2. The van der Waals surface area contributed by atoms with Crippen LogP contribution in [0.1, 0.15) is 22.0 Å². The van der Waals surface area contributed by atoms with Crippen LogP contribution in [-0.4, -0.2) is 17.6 Å². The van der Waals surface area contributed by atoms with E-state index in [0.717, 1.165) is 17.4 Å². The Hall–Kier alpha value is -2.92. The summed E-state index contributed by atoms with van der Waals surface area (Å²) in [5, 5.41) is 12.8. The van der Waals surface area contributed by atoms with Crippen molar-refractivity contribution in [2.45, 2.75) is 6.10 Å². The minimum absolute atomic E-state index is 0.0371. The lowest BCUT2D eigenvalue weighted by Gasteiger charge is -2.13. The molecule has 0 saturated heterocycles. The molecule has 0 spiro atoms. The normalized spacial score (nSPS) is 11.9. The van der Waals surface area contributed by atoms with E-state index in [-0.39, 0.29) is 12.1 Å². The van der Waals surface area contributed by atoms with Crippen molar-refractivity contribution in [3.8, 4) is 11.3 Å². The third-order valence-electron chi connectivity index (χ3n) is 3.64. The lowest BCUT2D eigenvalue weighted by atomic mass is 10.1. The van der Waals surface area contributed by atoms with E-state index in [1.54, 1.807) is 24.5 Å². The summed E-state index contributed by atoms with van der Waals surface area (Å²) < 4.78 is 18.4. The molecule has 0 fully saturated rings. The van der Waals surface area contributed by atoms with E-state index in [4.69, 9.17) is 4.42 Å². The molecule has 0 radical (unpaired) electrons. The van der Waals surface area contributed by atoms with Crippen LogP contribution in [0.4, 0.5) is 4.39 Å². The van der Waals surface area contributed by atoms with E-state index in [9.17, 15) is 14.3 Å². The van der Waals surface area contributed by atoms with E-state index >= 15 is 0 Å². The molecule has 4 nitrogen and oxygen atoms in total. The summed E-state index contributed by atoms with van der Waals surface area (Å²) in [5.74, 6) is -0.159. The number of benzene rings is 2. The molecule has 3 aromatic rings. The standard InChI is InChI=1S/C19H16FNO3/c20-16-4-1-3-15(11-16)19(23)21-12-17(22)13-6-8-14(9-7-13)18-5-2-10-24-18/h1-11,17,22H,12H2,(H,21,23)/t17-/m0/s1. The van der Waals surface area contributed by atoms with Gasteiger partial charge in [0, 0.05) is 17.7 Å². The van der Waals surface area contributed by atoms with Crippen molar-refractivity contribution in [2.24, 2.45) is 0 Å². The smallest absolute Gasteiger partial charge is 0.251 e. The Morgan fingerprint density at radius 2 is 1.92 bits per heavy atom. The van der Waals surface area contributed by atoms with Crippen molar-refractivity contribution in [3.63, 3.8) is 0 Å². The molecule has 24 heavy (non-hydrogen) atoms. The quantitative estimate of drug-likeness (QED) is 0.754. The summed E-state index contributed by atoms with van der Waals surface area (Å²) in [7, 11) is 0. The molecule has 0 saturated carbocycles. The molecule has 1 amide bonds. The van der Waals surface area contributed by atoms with Gasteiger partial charge in [-0.15, -0.1) is 0 Å². The predicted molar refractivity (Wildman–Crippen MR) is 87.8 cm³/mol. The molecule has 122 valence electrons. The third kappa shape index (κ3) is 3.70. The zero-order valence-corrected chi connectivity index (χ0v) is 12.8. The number of hydrogen-bond acceptors (Lipinski definition) is 3. The minimum atomic E-state index is -0.854. The highest BCUT2D eigenvalue weighted by Gasteiger charge is 2.12. The van der Waals surface area contributed by atoms with Crippen LogP contribution in [0.5, 0.6) is 0 Å². The Morgan fingerprint density at radius 1 is 1.12 bits per heavy atom. The molecule has 0 aliphatic carbocycles. The summed E-state index contributed by atoms with van der Waals surface area (Å²) >= 11 is 0. The van der Waals surface area contributed by atoms with E-state index in [1.165, 1.54) is 18.2 Å². The van der Waals surface area contributed by atoms with Crippen molar-refractivity contribution in [1.29, 1.82) is 0 Å². The summed E-state index contributed by atoms with van der Waals surface area (Å²) in [6.07, 6.45) is 0.744. The molecule has 1 atom stereocenters. The maximum atomic E-state index is 13.1. The fourth-order valence-corrected chi connectivity index (χ4v) is 2.35.